The second kappa shape index (κ2) is 5.61. The lowest BCUT2D eigenvalue weighted by Crippen LogP contribution is -2.44. The van der Waals surface area contributed by atoms with E-state index in [1.54, 1.807) is 4.98 Å². The minimum Gasteiger partial charge on any atom is -0.394 e. The summed E-state index contributed by atoms with van der Waals surface area (Å²) in [5, 5.41) is 19.2. The van der Waals surface area contributed by atoms with Crippen LogP contribution in [0.15, 0.2) is 15.8 Å². The number of nitrogens with one attached hydrogen (secondary N) is 1. The molecule has 1 aliphatic heterocycles. The van der Waals surface area contributed by atoms with Gasteiger partial charge in [0.2, 0.25) is 5.82 Å². The summed E-state index contributed by atoms with van der Waals surface area (Å²) in [7, 11) is 0. The number of hydrogen-bond donors (Lipinski definition) is 3. The minimum atomic E-state index is -1.77. The van der Waals surface area contributed by atoms with Crippen LogP contribution in [0.2, 0.25) is 0 Å². The molecule has 9 heteroatoms. The first kappa shape index (κ1) is 15.7. The third kappa shape index (κ3) is 2.49. The lowest BCUT2D eigenvalue weighted by Gasteiger charge is -2.25. The first-order valence-corrected chi connectivity index (χ1v) is 6.31. The zero-order valence-electron chi connectivity index (χ0n) is 10.8. The Morgan fingerprint density at radius 3 is 2.86 bits per heavy atom. The fourth-order valence-electron chi connectivity index (χ4n) is 2.13. The maximum absolute atomic E-state index is 13.4. The van der Waals surface area contributed by atoms with Crippen LogP contribution in [0.5, 0.6) is 0 Å². The SMILES string of the molecule is CC#CC1(Cl)C(n2cc(F)c(=O)[nH]c2=O)OC(CO)[C@@H]1O. The van der Waals surface area contributed by atoms with Crippen molar-refractivity contribution in [2.24, 2.45) is 0 Å². The van der Waals surface area contributed by atoms with Gasteiger partial charge in [0, 0.05) is 0 Å². The number of aromatic amines is 1. The molecule has 0 aromatic carbocycles. The number of alkyl halides is 1. The van der Waals surface area contributed by atoms with E-state index in [1.165, 1.54) is 6.92 Å². The van der Waals surface area contributed by atoms with Crippen molar-refractivity contribution in [3.8, 4) is 11.8 Å². The Balaban J connectivity index is 2.60. The summed E-state index contributed by atoms with van der Waals surface area (Å²) in [6.45, 7) is 0.883. The Labute approximate surface area is 122 Å². The molecule has 3 N–H and O–H groups in total. The molecule has 2 heterocycles. The van der Waals surface area contributed by atoms with Crippen LogP contribution >= 0.6 is 11.6 Å². The van der Waals surface area contributed by atoms with E-state index < -0.39 is 47.0 Å². The average Bonchev–Trinajstić information content (AvgIpc) is 2.67. The lowest BCUT2D eigenvalue weighted by molar-refractivity contribution is -0.0467. The number of nitrogens with zero attached hydrogens (tertiary/aromatic N) is 1. The number of halogens is 2. The van der Waals surface area contributed by atoms with Gasteiger partial charge in [-0.2, -0.15) is 4.39 Å². The van der Waals surface area contributed by atoms with Gasteiger partial charge in [0.15, 0.2) is 11.1 Å². The summed E-state index contributed by atoms with van der Waals surface area (Å²) in [6, 6.07) is 0. The van der Waals surface area contributed by atoms with Gasteiger partial charge in [-0.15, -0.1) is 5.92 Å². The molecule has 1 fully saturated rings. The van der Waals surface area contributed by atoms with Gasteiger partial charge >= 0.3 is 5.69 Å². The van der Waals surface area contributed by atoms with Gasteiger partial charge in [-0.1, -0.05) is 17.5 Å². The molecule has 0 radical (unpaired) electrons. The van der Waals surface area contributed by atoms with Crippen LogP contribution < -0.4 is 11.2 Å². The van der Waals surface area contributed by atoms with E-state index in [0.29, 0.717) is 10.8 Å². The topological polar surface area (TPSA) is 105 Å². The van der Waals surface area contributed by atoms with Gasteiger partial charge in [-0.25, -0.2) is 4.79 Å². The van der Waals surface area contributed by atoms with Crippen LogP contribution in [0, 0.1) is 17.7 Å². The highest BCUT2D eigenvalue weighted by Gasteiger charge is 2.55. The molecule has 0 spiro atoms. The summed E-state index contributed by atoms with van der Waals surface area (Å²) < 4.78 is 19.4. The van der Waals surface area contributed by atoms with Crippen molar-refractivity contribution in [2.75, 3.05) is 6.61 Å². The number of aliphatic hydroxyl groups excluding tert-OH is 2. The van der Waals surface area contributed by atoms with E-state index >= 15 is 0 Å². The molecule has 0 aliphatic carbocycles. The highest BCUT2D eigenvalue weighted by molar-refractivity contribution is 6.27. The molecule has 7 nitrogen and oxygen atoms in total. The zero-order valence-corrected chi connectivity index (χ0v) is 11.6. The van der Waals surface area contributed by atoms with Gasteiger partial charge in [-0.3, -0.25) is 14.3 Å². The Morgan fingerprint density at radius 2 is 2.29 bits per heavy atom. The molecule has 4 atom stereocenters. The van der Waals surface area contributed by atoms with E-state index in [9.17, 15) is 19.1 Å². The van der Waals surface area contributed by atoms with Crippen molar-refractivity contribution in [1.82, 2.24) is 9.55 Å². The summed E-state index contributed by atoms with van der Waals surface area (Å²) in [6.07, 6.45) is -3.27. The summed E-state index contributed by atoms with van der Waals surface area (Å²) >= 11 is 6.23. The third-order valence-electron chi connectivity index (χ3n) is 3.12. The molecule has 1 saturated heterocycles. The molecule has 1 aromatic rings. The van der Waals surface area contributed by atoms with Gasteiger partial charge in [0.25, 0.3) is 5.56 Å². The van der Waals surface area contributed by atoms with Crippen LogP contribution in [-0.4, -0.2) is 43.5 Å². The number of H-pyrrole nitrogens is 1. The van der Waals surface area contributed by atoms with Gasteiger partial charge in [0.1, 0.15) is 12.2 Å². The summed E-state index contributed by atoms with van der Waals surface area (Å²) in [4.78, 5) is 22.8. The predicted octanol–water partition coefficient (Wildman–Crippen LogP) is -1.07. The number of hydrogen-bond acceptors (Lipinski definition) is 5. The van der Waals surface area contributed by atoms with Crippen molar-refractivity contribution in [3.63, 3.8) is 0 Å². The zero-order chi connectivity index (χ0) is 15.8. The maximum atomic E-state index is 13.4. The smallest absolute Gasteiger partial charge is 0.330 e. The lowest BCUT2D eigenvalue weighted by atomic mass is 9.99. The van der Waals surface area contributed by atoms with Gasteiger partial charge in [-0.05, 0) is 6.92 Å². The van der Waals surface area contributed by atoms with Crippen LogP contribution in [0.1, 0.15) is 13.2 Å². The summed E-state index contributed by atoms with van der Waals surface area (Å²) in [5.74, 6) is 3.77. The van der Waals surface area contributed by atoms with Crippen molar-refractivity contribution in [3.05, 3.63) is 32.9 Å². The molecule has 1 aliphatic rings. The fraction of sp³-hybridized carbons (Fsp3) is 0.500. The van der Waals surface area contributed by atoms with E-state index in [2.05, 4.69) is 11.8 Å². The quantitative estimate of drug-likeness (QED) is 0.476. The van der Waals surface area contributed by atoms with Crippen LogP contribution in [0.3, 0.4) is 0 Å². The van der Waals surface area contributed by atoms with Crippen LogP contribution in [-0.2, 0) is 4.74 Å². The van der Waals surface area contributed by atoms with Crippen molar-refractivity contribution < 1.29 is 19.3 Å². The van der Waals surface area contributed by atoms with E-state index in [4.69, 9.17) is 21.4 Å². The Hall–Kier alpha value is -1.66. The number of aliphatic hydroxyl groups is 2. The molecule has 2 rings (SSSR count). The molecular formula is C12H12ClFN2O5. The second-order valence-electron chi connectivity index (χ2n) is 4.44. The van der Waals surface area contributed by atoms with Gasteiger partial charge in [0.05, 0.1) is 12.8 Å². The standard InChI is InChI=1S/C12H12ClFN2O5/c1-2-3-12(13)8(18)7(5-17)21-10(12)16-4-6(14)9(19)15-11(16)20/h4,7-8,10,17-18H,5H2,1H3,(H,15,19,20)/t7?,8-,10?,12?/m0/s1. The van der Waals surface area contributed by atoms with Crippen molar-refractivity contribution in [2.45, 2.75) is 30.2 Å². The molecule has 21 heavy (non-hydrogen) atoms. The highest BCUT2D eigenvalue weighted by Crippen LogP contribution is 2.42. The highest BCUT2D eigenvalue weighted by atomic mass is 35.5. The van der Waals surface area contributed by atoms with Crippen molar-refractivity contribution >= 4 is 11.6 Å². The van der Waals surface area contributed by atoms with E-state index in [0.717, 1.165) is 0 Å². The second-order valence-corrected chi connectivity index (χ2v) is 5.07. The molecule has 114 valence electrons. The molecule has 0 amide bonds. The van der Waals surface area contributed by atoms with Gasteiger partial charge < -0.3 is 14.9 Å². The number of aromatic nitrogens is 2. The number of ether oxygens (including phenoxy) is 1. The van der Waals surface area contributed by atoms with Crippen molar-refractivity contribution in [1.29, 1.82) is 0 Å². The van der Waals surface area contributed by atoms with E-state index in [-0.39, 0.29) is 0 Å². The largest absolute Gasteiger partial charge is 0.394 e. The molecule has 0 saturated carbocycles. The monoisotopic (exact) mass is 318 g/mol. The third-order valence-corrected chi connectivity index (χ3v) is 3.62. The average molecular weight is 319 g/mol. The molecule has 3 unspecified atom stereocenters. The maximum Gasteiger partial charge on any atom is 0.330 e. The Bertz CT molecular complexity index is 721. The Kier molecular flexibility index (Phi) is 4.20. The molecular weight excluding hydrogens is 307 g/mol. The molecule has 0 bridgehead atoms. The predicted molar refractivity (Wildman–Crippen MR) is 70.3 cm³/mol. The number of rotatable bonds is 2. The fourth-order valence-corrected chi connectivity index (χ4v) is 2.52. The van der Waals surface area contributed by atoms with Crippen LogP contribution in [0.4, 0.5) is 4.39 Å². The van der Waals surface area contributed by atoms with Crippen LogP contribution in [0.25, 0.3) is 0 Å². The first-order chi connectivity index (χ1) is 9.85. The Morgan fingerprint density at radius 1 is 1.62 bits per heavy atom. The summed E-state index contributed by atoms with van der Waals surface area (Å²) in [5.41, 5.74) is -2.16. The normalized spacial score (nSPS) is 31.8. The molecule has 1 aromatic heterocycles. The first-order valence-electron chi connectivity index (χ1n) is 5.93. The van der Waals surface area contributed by atoms with E-state index in [1.807, 2.05) is 0 Å². The minimum absolute atomic E-state index is 0.571.